The van der Waals surface area contributed by atoms with Gasteiger partial charge in [0.1, 0.15) is 6.54 Å². The Kier molecular flexibility index (Phi) is 10.6. The summed E-state index contributed by atoms with van der Waals surface area (Å²) >= 11 is 0. The molecular weight excluding hydrogens is 465 g/mol. The van der Waals surface area contributed by atoms with Crippen LogP contribution in [0.3, 0.4) is 0 Å². The summed E-state index contributed by atoms with van der Waals surface area (Å²) in [5, 5.41) is 6.92. The molecule has 1 aliphatic rings. The lowest BCUT2D eigenvalue weighted by Crippen LogP contribution is -2.52. The molecule has 6 nitrogen and oxygen atoms in total. The molecule has 2 rings (SSSR count). The highest BCUT2D eigenvalue weighted by Gasteiger charge is 2.21. The lowest BCUT2D eigenvalue weighted by Gasteiger charge is -2.35. The van der Waals surface area contributed by atoms with Gasteiger partial charge in [0.25, 0.3) is 0 Å². The lowest BCUT2D eigenvalue weighted by atomic mass is 10.0. The maximum Gasteiger partial charge on any atom is 0.243 e. The van der Waals surface area contributed by atoms with E-state index in [1.807, 2.05) is 0 Å². The van der Waals surface area contributed by atoms with E-state index in [9.17, 15) is 4.79 Å². The van der Waals surface area contributed by atoms with Crippen LogP contribution in [0.2, 0.25) is 0 Å². The second-order valence-corrected chi connectivity index (χ2v) is 7.99. The number of guanidine groups is 1. The van der Waals surface area contributed by atoms with E-state index in [0.717, 1.165) is 38.4 Å². The van der Waals surface area contributed by atoms with Gasteiger partial charge in [-0.05, 0) is 37.8 Å². The Balaban J connectivity index is 0.00000392. The number of benzene rings is 1. The molecule has 158 valence electrons. The first kappa shape index (κ1) is 24.5. The molecule has 1 fully saturated rings. The molecule has 1 aliphatic heterocycles. The summed E-state index contributed by atoms with van der Waals surface area (Å²) in [7, 11) is 3.51. The maximum absolute atomic E-state index is 11.9. The Morgan fingerprint density at radius 2 is 1.96 bits per heavy atom. The summed E-state index contributed by atoms with van der Waals surface area (Å²) < 4.78 is 0. The van der Waals surface area contributed by atoms with Gasteiger partial charge in [0.05, 0.1) is 0 Å². The molecular formula is C21H36IN5O. The second kappa shape index (κ2) is 12.1. The summed E-state index contributed by atoms with van der Waals surface area (Å²) in [6.45, 7) is 9.44. The first-order valence-corrected chi connectivity index (χ1v) is 9.91. The fourth-order valence-corrected chi connectivity index (χ4v) is 3.02. The van der Waals surface area contributed by atoms with Gasteiger partial charge >= 0.3 is 0 Å². The van der Waals surface area contributed by atoms with Crippen molar-refractivity contribution in [3.05, 3.63) is 29.8 Å². The number of rotatable bonds is 6. The summed E-state index contributed by atoms with van der Waals surface area (Å²) in [4.78, 5) is 20.4. The van der Waals surface area contributed by atoms with E-state index in [2.05, 4.69) is 65.6 Å². The van der Waals surface area contributed by atoms with Gasteiger partial charge in [0.15, 0.2) is 5.96 Å². The standard InChI is InChI=1S/C21H35N5O.HI/c1-16(2)13-22-21(23-14-20(27)25(4)5)24-18-7-6-12-26(15-18)19-10-8-17(3)9-11-19;/h8-11,16,18H,6-7,12-15H2,1-5H3,(H2,22,23,24);1H. The molecule has 1 aromatic rings. The minimum atomic E-state index is 0. The number of nitrogens with one attached hydrogen (secondary N) is 2. The molecule has 28 heavy (non-hydrogen) atoms. The molecule has 0 radical (unpaired) electrons. The van der Waals surface area contributed by atoms with Crippen LogP contribution < -0.4 is 15.5 Å². The van der Waals surface area contributed by atoms with E-state index in [-0.39, 0.29) is 36.4 Å². The van der Waals surface area contributed by atoms with E-state index in [1.54, 1.807) is 19.0 Å². The number of hydrogen-bond donors (Lipinski definition) is 2. The number of aryl methyl sites for hydroxylation is 1. The number of hydrogen-bond acceptors (Lipinski definition) is 3. The minimum Gasteiger partial charge on any atom is -0.369 e. The third-order valence-corrected chi connectivity index (χ3v) is 4.71. The van der Waals surface area contributed by atoms with Crippen LogP contribution in [0.25, 0.3) is 0 Å². The summed E-state index contributed by atoms with van der Waals surface area (Å²) in [5.74, 6) is 1.25. The van der Waals surface area contributed by atoms with Crippen molar-refractivity contribution in [1.29, 1.82) is 0 Å². The topological polar surface area (TPSA) is 60.0 Å². The van der Waals surface area contributed by atoms with Crippen LogP contribution in [-0.4, -0.2) is 63.1 Å². The highest BCUT2D eigenvalue weighted by molar-refractivity contribution is 14.0. The molecule has 2 N–H and O–H groups in total. The van der Waals surface area contributed by atoms with Crippen LogP contribution in [0.1, 0.15) is 32.3 Å². The minimum absolute atomic E-state index is 0. The normalized spacial score (nSPS) is 17.1. The van der Waals surface area contributed by atoms with Gasteiger partial charge in [-0.3, -0.25) is 4.79 Å². The van der Waals surface area contributed by atoms with Crippen molar-refractivity contribution < 1.29 is 4.79 Å². The van der Waals surface area contributed by atoms with Gasteiger partial charge in [0.2, 0.25) is 5.91 Å². The van der Waals surface area contributed by atoms with E-state index in [4.69, 9.17) is 0 Å². The van der Waals surface area contributed by atoms with Crippen LogP contribution in [0.4, 0.5) is 5.69 Å². The summed E-state index contributed by atoms with van der Waals surface area (Å²) in [6.07, 6.45) is 2.24. The Labute approximate surface area is 187 Å². The number of carbonyl (C=O) groups is 1. The molecule has 1 amide bonds. The molecule has 0 aliphatic carbocycles. The van der Waals surface area contributed by atoms with Gasteiger partial charge in [-0.1, -0.05) is 31.5 Å². The quantitative estimate of drug-likeness (QED) is 0.358. The van der Waals surface area contributed by atoms with Crippen LogP contribution in [-0.2, 0) is 4.79 Å². The molecule has 1 unspecified atom stereocenters. The van der Waals surface area contributed by atoms with E-state index in [0.29, 0.717) is 12.0 Å². The Morgan fingerprint density at radius 1 is 1.29 bits per heavy atom. The average Bonchev–Trinajstić information content (AvgIpc) is 2.64. The van der Waals surface area contributed by atoms with Crippen LogP contribution >= 0.6 is 24.0 Å². The van der Waals surface area contributed by atoms with Crippen LogP contribution in [0, 0.1) is 12.8 Å². The number of likely N-dealkylation sites (N-methyl/N-ethyl adjacent to an activating group) is 1. The predicted molar refractivity (Wildman–Crippen MR) is 129 cm³/mol. The van der Waals surface area contributed by atoms with Gasteiger partial charge in [-0.2, -0.15) is 0 Å². The maximum atomic E-state index is 11.9. The van der Waals surface area contributed by atoms with Gasteiger partial charge in [-0.15, -0.1) is 24.0 Å². The molecule has 1 saturated heterocycles. The van der Waals surface area contributed by atoms with Crippen molar-refractivity contribution in [2.24, 2.45) is 10.9 Å². The highest BCUT2D eigenvalue weighted by Crippen LogP contribution is 2.20. The molecule has 0 saturated carbocycles. The van der Waals surface area contributed by atoms with Gasteiger partial charge in [-0.25, -0.2) is 4.99 Å². The number of nitrogens with zero attached hydrogens (tertiary/aromatic N) is 3. The number of piperidine rings is 1. The molecule has 0 spiro atoms. The second-order valence-electron chi connectivity index (χ2n) is 7.99. The monoisotopic (exact) mass is 501 g/mol. The molecule has 1 atom stereocenters. The first-order chi connectivity index (χ1) is 12.8. The Bertz CT molecular complexity index is 630. The third kappa shape index (κ3) is 8.24. The largest absolute Gasteiger partial charge is 0.369 e. The van der Waals surface area contributed by atoms with Gasteiger partial charge in [0, 0.05) is 45.5 Å². The fraction of sp³-hybridized carbons (Fsp3) is 0.619. The summed E-state index contributed by atoms with van der Waals surface area (Å²) in [5.41, 5.74) is 2.55. The van der Waals surface area contributed by atoms with Gasteiger partial charge < -0.3 is 20.4 Å². The number of aliphatic imine (C=N–C) groups is 1. The zero-order valence-corrected chi connectivity index (χ0v) is 20.2. The van der Waals surface area contributed by atoms with Crippen molar-refractivity contribution in [2.75, 3.05) is 45.2 Å². The van der Waals surface area contributed by atoms with Crippen molar-refractivity contribution >= 4 is 41.5 Å². The van der Waals surface area contributed by atoms with E-state index in [1.165, 1.54) is 11.3 Å². The molecule has 7 heteroatoms. The van der Waals surface area contributed by atoms with Crippen LogP contribution in [0.15, 0.2) is 29.3 Å². The smallest absolute Gasteiger partial charge is 0.243 e. The number of carbonyl (C=O) groups excluding carboxylic acids is 1. The summed E-state index contributed by atoms with van der Waals surface area (Å²) in [6, 6.07) is 9.03. The number of amides is 1. The zero-order valence-electron chi connectivity index (χ0n) is 17.9. The van der Waals surface area contributed by atoms with Crippen molar-refractivity contribution in [1.82, 2.24) is 15.5 Å². The van der Waals surface area contributed by atoms with Crippen LogP contribution in [0.5, 0.6) is 0 Å². The van der Waals surface area contributed by atoms with E-state index >= 15 is 0 Å². The Morgan fingerprint density at radius 3 is 2.57 bits per heavy atom. The number of anilines is 1. The molecule has 1 aromatic carbocycles. The number of halogens is 1. The average molecular weight is 501 g/mol. The highest BCUT2D eigenvalue weighted by atomic mass is 127. The SMILES string of the molecule is Cc1ccc(N2CCCC(NC(=NCC(=O)N(C)C)NCC(C)C)C2)cc1.I. The molecule has 0 bridgehead atoms. The zero-order chi connectivity index (χ0) is 19.8. The predicted octanol–water partition coefficient (Wildman–Crippen LogP) is 2.86. The first-order valence-electron chi connectivity index (χ1n) is 9.91. The lowest BCUT2D eigenvalue weighted by molar-refractivity contribution is -0.127. The molecule has 0 aromatic heterocycles. The van der Waals surface area contributed by atoms with Crippen molar-refractivity contribution in [3.63, 3.8) is 0 Å². The third-order valence-electron chi connectivity index (χ3n) is 4.71. The van der Waals surface area contributed by atoms with Crippen molar-refractivity contribution in [2.45, 2.75) is 39.7 Å². The Hall–Kier alpha value is -1.51. The van der Waals surface area contributed by atoms with Crippen molar-refractivity contribution in [3.8, 4) is 0 Å². The van der Waals surface area contributed by atoms with E-state index < -0.39 is 0 Å². The molecule has 1 heterocycles. The fourth-order valence-electron chi connectivity index (χ4n) is 3.02.